The highest BCUT2D eigenvalue weighted by molar-refractivity contribution is 9.10. The Morgan fingerprint density at radius 2 is 1.91 bits per heavy atom. The smallest absolute Gasteiger partial charge is 0.244 e. The summed E-state index contributed by atoms with van der Waals surface area (Å²) >= 11 is 3.22. The quantitative estimate of drug-likeness (QED) is 0.633. The van der Waals surface area contributed by atoms with Crippen molar-refractivity contribution in [1.29, 1.82) is 0 Å². The van der Waals surface area contributed by atoms with Gasteiger partial charge in [-0.3, -0.25) is 4.79 Å². The van der Waals surface area contributed by atoms with E-state index in [1.54, 1.807) is 18.2 Å². The van der Waals surface area contributed by atoms with Crippen LogP contribution in [0.4, 0.5) is 0 Å². The molecule has 0 fully saturated rings. The molecule has 0 saturated heterocycles. The van der Waals surface area contributed by atoms with Crippen LogP contribution < -0.4 is 5.43 Å². The Kier molecular flexibility index (Phi) is 5.72. The summed E-state index contributed by atoms with van der Waals surface area (Å²) in [4.78, 5) is 11.8. The van der Waals surface area contributed by atoms with Gasteiger partial charge in [-0.25, -0.2) is 5.43 Å². The summed E-state index contributed by atoms with van der Waals surface area (Å²) in [7, 11) is 0. The minimum atomic E-state index is -0.168. The van der Waals surface area contributed by atoms with Crippen molar-refractivity contribution in [2.24, 2.45) is 5.10 Å². The molecule has 4 nitrogen and oxygen atoms in total. The second kappa shape index (κ2) is 7.75. The molecule has 0 unspecified atom stereocenters. The van der Waals surface area contributed by atoms with Gasteiger partial charge in [0.1, 0.15) is 5.75 Å². The molecule has 2 aromatic rings. The zero-order chi connectivity index (χ0) is 15.9. The van der Waals surface area contributed by atoms with Crippen molar-refractivity contribution in [3.8, 4) is 5.75 Å². The maximum Gasteiger partial charge on any atom is 0.244 e. The lowest BCUT2D eigenvalue weighted by Crippen LogP contribution is -2.19. The molecule has 0 aromatic heterocycles. The van der Waals surface area contributed by atoms with Gasteiger partial charge < -0.3 is 5.11 Å². The molecule has 2 N–H and O–H groups in total. The first kappa shape index (κ1) is 16.2. The Balaban J connectivity index is 1.88. The lowest BCUT2D eigenvalue weighted by atomic mass is 10.1. The molecular weight excluding hydrogens is 344 g/mol. The third-order valence-electron chi connectivity index (χ3n) is 3.17. The number of carbonyl (C=O) groups excluding carboxylic acids is 1. The summed E-state index contributed by atoms with van der Waals surface area (Å²) in [6.07, 6.45) is 2.81. The van der Waals surface area contributed by atoms with Crippen molar-refractivity contribution in [3.05, 3.63) is 63.6 Å². The molecule has 0 aliphatic rings. The summed E-state index contributed by atoms with van der Waals surface area (Å²) in [5, 5.41) is 13.3. The van der Waals surface area contributed by atoms with Crippen molar-refractivity contribution < 1.29 is 9.90 Å². The van der Waals surface area contributed by atoms with Gasteiger partial charge >= 0.3 is 0 Å². The van der Waals surface area contributed by atoms with Crippen molar-refractivity contribution in [1.82, 2.24) is 5.43 Å². The third kappa shape index (κ3) is 4.70. The third-order valence-corrected chi connectivity index (χ3v) is 3.81. The lowest BCUT2D eigenvalue weighted by Gasteiger charge is -2.02. The normalized spacial score (nSPS) is 10.8. The van der Waals surface area contributed by atoms with E-state index < -0.39 is 0 Å². The first-order chi connectivity index (χ1) is 10.6. The zero-order valence-corrected chi connectivity index (χ0v) is 13.8. The molecule has 0 spiro atoms. The number of amides is 1. The van der Waals surface area contributed by atoms with Crippen LogP contribution in [-0.2, 0) is 17.6 Å². The number of nitrogens with zero attached hydrogens (tertiary/aromatic N) is 1. The van der Waals surface area contributed by atoms with Gasteiger partial charge in [0, 0.05) is 0 Å². The highest BCUT2D eigenvalue weighted by Gasteiger charge is 2.02. The number of aryl methyl sites for hydroxylation is 1. The molecule has 0 radical (unpaired) electrons. The average Bonchev–Trinajstić information content (AvgIpc) is 2.51. The fraction of sp³-hybridized carbons (Fsp3) is 0.176. The van der Waals surface area contributed by atoms with E-state index in [1.165, 1.54) is 11.8 Å². The van der Waals surface area contributed by atoms with Crippen LogP contribution in [0, 0.1) is 0 Å². The maximum absolute atomic E-state index is 11.8. The Bertz CT molecular complexity index is 682. The Morgan fingerprint density at radius 1 is 1.23 bits per heavy atom. The van der Waals surface area contributed by atoms with E-state index in [-0.39, 0.29) is 11.7 Å². The highest BCUT2D eigenvalue weighted by Crippen LogP contribution is 2.23. The molecule has 2 rings (SSSR count). The average molecular weight is 361 g/mol. The SMILES string of the molecule is CCc1ccc(CC(=O)N/N=C/c2ccc(O)c(Br)c2)cc1. The second-order valence-corrected chi connectivity index (χ2v) is 5.71. The van der Waals surface area contributed by atoms with Crippen LogP contribution >= 0.6 is 15.9 Å². The molecule has 0 heterocycles. The van der Waals surface area contributed by atoms with E-state index in [0.717, 1.165) is 17.5 Å². The van der Waals surface area contributed by atoms with Crippen LogP contribution in [0.3, 0.4) is 0 Å². The number of nitrogens with one attached hydrogen (secondary N) is 1. The maximum atomic E-state index is 11.8. The van der Waals surface area contributed by atoms with E-state index in [0.29, 0.717) is 10.9 Å². The molecular formula is C17H17BrN2O2. The minimum Gasteiger partial charge on any atom is -0.507 e. The molecule has 1 amide bonds. The molecule has 0 bridgehead atoms. The van der Waals surface area contributed by atoms with E-state index in [9.17, 15) is 9.90 Å². The van der Waals surface area contributed by atoms with Crippen LogP contribution in [0.2, 0.25) is 0 Å². The van der Waals surface area contributed by atoms with Gasteiger partial charge in [0.25, 0.3) is 0 Å². The van der Waals surface area contributed by atoms with Crippen molar-refractivity contribution >= 4 is 28.1 Å². The van der Waals surface area contributed by atoms with Crippen LogP contribution in [0.15, 0.2) is 52.0 Å². The van der Waals surface area contributed by atoms with Gasteiger partial charge in [0.05, 0.1) is 17.1 Å². The predicted molar refractivity (Wildman–Crippen MR) is 91.1 cm³/mol. The summed E-state index contributed by atoms with van der Waals surface area (Å²) in [5.41, 5.74) is 5.48. The summed E-state index contributed by atoms with van der Waals surface area (Å²) in [6.45, 7) is 2.10. The molecule has 5 heteroatoms. The van der Waals surface area contributed by atoms with E-state index >= 15 is 0 Å². The standard InChI is InChI=1S/C17H17BrN2O2/c1-2-12-3-5-13(6-4-12)10-17(22)20-19-11-14-7-8-16(21)15(18)9-14/h3-9,11,21H,2,10H2,1H3,(H,20,22)/b19-11+. The van der Waals surface area contributed by atoms with Gasteiger partial charge in [-0.1, -0.05) is 31.2 Å². The number of rotatable bonds is 5. The van der Waals surface area contributed by atoms with Gasteiger partial charge in [-0.15, -0.1) is 0 Å². The van der Waals surface area contributed by atoms with Crippen molar-refractivity contribution in [3.63, 3.8) is 0 Å². The zero-order valence-electron chi connectivity index (χ0n) is 12.2. The molecule has 0 aliphatic heterocycles. The van der Waals surface area contributed by atoms with Crippen molar-refractivity contribution in [2.45, 2.75) is 19.8 Å². The van der Waals surface area contributed by atoms with Gasteiger partial charge in [0.15, 0.2) is 0 Å². The summed E-state index contributed by atoms with van der Waals surface area (Å²) < 4.78 is 0.582. The second-order valence-electron chi connectivity index (χ2n) is 4.85. The van der Waals surface area contributed by atoms with E-state index in [1.807, 2.05) is 24.3 Å². The monoisotopic (exact) mass is 360 g/mol. The first-order valence-corrected chi connectivity index (χ1v) is 7.76. The number of halogens is 1. The fourth-order valence-electron chi connectivity index (χ4n) is 1.90. The summed E-state index contributed by atoms with van der Waals surface area (Å²) in [6, 6.07) is 13.0. The number of phenols is 1. The molecule has 2 aromatic carbocycles. The lowest BCUT2D eigenvalue weighted by molar-refractivity contribution is -0.120. The number of aromatic hydroxyl groups is 1. The molecule has 0 aliphatic carbocycles. The minimum absolute atomic E-state index is 0.164. The number of phenolic OH excluding ortho intramolecular Hbond substituents is 1. The molecule has 0 atom stereocenters. The number of hydrazone groups is 1. The largest absolute Gasteiger partial charge is 0.507 e. The van der Waals surface area contributed by atoms with Crippen LogP contribution in [-0.4, -0.2) is 17.2 Å². The van der Waals surface area contributed by atoms with Crippen LogP contribution in [0.5, 0.6) is 5.75 Å². The van der Waals surface area contributed by atoms with Crippen LogP contribution in [0.25, 0.3) is 0 Å². The topological polar surface area (TPSA) is 61.7 Å². The Labute approximate surface area is 138 Å². The fourth-order valence-corrected chi connectivity index (χ4v) is 2.30. The number of benzene rings is 2. The molecule has 114 valence electrons. The highest BCUT2D eigenvalue weighted by atomic mass is 79.9. The van der Waals surface area contributed by atoms with E-state index in [2.05, 4.69) is 33.4 Å². The predicted octanol–water partition coefficient (Wildman–Crippen LogP) is 3.41. The number of carbonyl (C=O) groups is 1. The van der Waals surface area contributed by atoms with Gasteiger partial charge in [0.2, 0.25) is 5.91 Å². The van der Waals surface area contributed by atoms with Gasteiger partial charge in [-0.05, 0) is 57.2 Å². The Hall–Kier alpha value is -2.14. The molecule has 22 heavy (non-hydrogen) atoms. The van der Waals surface area contributed by atoms with Crippen LogP contribution in [0.1, 0.15) is 23.6 Å². The Morgan fingerprint density at radius 3 is 2.55 bits per heavy atom. The summed E-state index contributed by atoms with van der Waals surface area (Å²) in [5.74, 6) is -0.00458. The number of hydrogen-bond acceptors (Lipinski definition) is 3. The number of hydrogen-bond donors (Lipinski definition) is 2. The van der Waals surface area contributed by atoms with Gasteiger partial charge in [-0.2, -0.15) is 5.10 Å². The van der Waals surface area contributed by atoms with Crippen molar-refractivity contribution in [2.75, 3.05) is 0 Å². The van der Waals surface area contributed by atoms with E-state index in [4.69, 9.17) is 0 Å². The first-order valence-electron chi connectivity index (χ1n) is 6.96. The molecule has 0 saturated carbocycles.